The van der Waals surface area contributed by atoms with Crippen LogP contribution in [0.4, 0.5) is 22.4 Å². The first-order valence-corrected chi connectivity index (χ1v) is 16.7. The van der Waals surface area contributed by atoms with E-state index in [0.29, 0.717) is 17.7 Å². The van der Waals surface area contributed by atoms with Crippen LogP contribution in [0.25, 0.3) is 0 Å². The number of benzene rings is 1. The zero-order valence-corrected chi connectivity index (χ0v) is 27.4. The summed E-state index contributed by atoms with van der Waals surface area (Å²) in [4.78, 5) is 45.1. The Morgan fingerprint density at radius 2 is 1.94 bits per heavy atom. The number of pyridine rings is 1. The largest absolute Gasteiger partial charge is 0.481 e. The molecular weight excluding hydrogens is 742 g/mol. The number of likely N-dealkylation sites (tertiary alicyclic amines) is 2. The molecule has 5 rings (SSSR count). The number of nitrogens with zero attached hydrogens (tertiary/aromatic N) is 4. The molecule has 3 fully saturated rings. The number of alkyl halides is 3. The summed E-state index contributed by atoms with van der Waals surface area (Å²) in [5.41, 5.74) is -4.02. The van der Waals surface area contributed by atoms with Crippen molar-refractivity contribution in [3.8, 4) is 11.8 Å². The fourth-order valence-electron chi connectivity index (χ4n) is 5.67. The van der Waals surface area contributed by atoms with Gasteiger partial charge >= 0.3 is 12.3 Å². The molecule has 3 amide bonds. The molecular formula is C28H25BrClF4N5O7S. The van der Waals surface area contributed by atoms with Gasteiger partial charge < -0.3 is 20.1 Å². The molecule has 0 bridgehead atoms. The van der Waals surface area contributed by atoms with Crippen LogP contribution in [0.1, 0.15) is 38.3 Å². The maximum absolute atomic E-state index is 15.3. The van der Waals surface area contributed by atoms with E-state index in [1.54, 1.807) is 0 Å². The molecule has 47 heavy (non-hydrogen) atoms. The number of sulfone groups is 1. The molecule has 19 heteroatoms. The second kappa shape index (κ2) is 12.1. The normalized spacial score (nSPS) is 24.1. The molecule has 3 aliphatic rings. The van der Waals surface area contributed by atoms with Gasteiger partial charge in [-0.15, -0.1) is 0 Å². The predicted octanol–water partition coefficient (Wildman–Crippen LogP) is 4.16. The van der Waals surface area contributed by atoms with Gasteiger partial charge in [-0.25, -0.2) is 17.6 Å². The van der Waals surface area contributed by atoms with Gasteiger partial charge in [0, 0.05) is 36.2 Å². The highest BCUT2D eigenvalue weighted by atomic mass is 79.9. The summed E-state index contributed by atoms with van der Waals surface area (Å²) >= 11 is 9.27. The van der Waals surface area contributed by atoms with Crippen molar-refractivity contribution in [2.45, 2.75) is 72.2 Å². The zero-order valence-electron chi connectivity index (χ0n) is 24.2. The van der Waals surface area contributed by atoms with Crippen LogP contribution in [0.15, 0.2) is 39.8 Å². The van der Waals surface area contributed by atoms with E-state index in [1.807, 2.05) is 6.07 Å². The highest BCUT2D eigenvalue weighted by Crippen LogP contribution is 2.45. The van der Waals surface area contributed by atoms with Gasteiger partial charge in [-0.3, -0.25) is 19.5 Å². The Morgan fingerprint density at radius 3 is 2.45 bits per heavy atom. The molecule has 2 N–H and O–H groups in total. The smallest absolute Gasteiger partial charge is 0.425 e. The van der Waals surface area contributed by atoms with Gasteiger partial charge in [-0.2, -0.15) is 18.4 Å². The lowest BCUT2D eigenvalue weighted by Gasteiger charge is -2.50. The lowest BCUT2D eigenvalue weighted by atomic mass is 9.79. The van der Waals surface area contributed by atoms with Crippen LogP contribution in [0.3, 0.4) is 0 Å². The Balaban J connectivity index is 1.52. The molecule has 2 aromatic rings. The number of nitrogens with one attached hydrogen (secondary N) is 1. The Bertz CT molecular complexity index is 1810. The van der Waals surface area contributed by atoms with Crippen LogP contribution in [-0.4, -0.2) is 88.4 Å². The van der Waals surface area contributed by atoms with Gasteiger partial charge in [-0.1, -0.05) is 11.6 Å². The molecule has 1 aromatic heterocycles. The third-order valence-corrected chi connectivity index (χ3v) is 11.6. The molecule has 2 aliphatic heterocycles. The minimum absolute atomic E-state index is 0.194. The van der Waals surface area contributed by atoms with Crippen LogP contribution in [-0.2, 0) is 25.0 Å². The van der Waals surface area contributed by atoms with Crippen molar-refractivity contribution < 1.29 is 50.2 Å². The summed E-state index contributed by atoms with van der Waals surface area (Å²) in [6.07, 6.45) is -7.53. The number of rotatable bonds is 8. The molecule has 12 nitrogen and oxygen atoms in total. The van der Waals surface area contributed by atoms with Crippen LogP contribution in [0.2, 0.25) is 5.02 Å². The fraction of sp³-hybridized carbons (Fsp3) is 0.464. The van der Waals surface area contributed by atoms with Crippen LogP contribution >= 0.6 is 27.5 Å². The molecule has 252 valence electrons. The van der Waals surface area contributed by atoms with Crippen molar-refractivity contribution in [3.63, 3.8) is 0 Å². The molecule has 1 unspecified atom stereocenters. The summed E-state index contributed by atoms with van der Waals surface area (Å²) in [7, 11) is -4.53. The van der Waals surface area contributed by atoms with Crippen LogP contribution < -0.4 is 10.1 Å². The number of ether oxygens (including phenoxy) is 1. The summed E-state index contributed by atoms with van der Waals surface area (Å²) in [5, 5.41) is 20.0. The molecule has 1 saturated carbocycles. The molecule has 1 aliphatic carbocycles. The molecule has 1 aromatic carbocycles. The number of hydrogen-bond acceptors (Lipinski definition) is 8. The fourth-order valence-corrected chi connectivity index (χ4v) is 8.21. The number of aromatic nitrogens is 1. The maximum atomic E-state index is 15.3. The number of hydrogen-bond donors (Lipinski definition) is 2. The van der Waals surface area contributed by atoms with E-state index in [4.69, 9.17) is 16.3 Å². The molecule has 3 heterocycles. The Kier molecular flexibility index (Phi) is 8.90. The number of nitriles is 1. The van der Waals surface area contributed by atoms with Crippen LogP contribution in [0, 0.1) is 17.1 Å². The first-order chi connectivity index (χ1) is 21.9. The second-order valence-corrected chi connectivity index (χ2v) is 15.0. The standard InChI is InChI=1S/C28H25BrClF4N5O7S/c1-14(28(32,33)34)46-16-2-3-21(18(30)9-16)47(44,45)17-10-20(23(40)37-26(13-35)4-5-26)38(12-17)24(41)27(6-7-39(27)25(42)43)22-19(31)8-15(29)11-36-22/h2-3,8-9,11,14,17,20H,4-7,10,12H2,1H3,(H,37,40)(H,42,43)/t14-,17+,20-,27?/m0/s1. The number of carbonyl (C=O) groups is 3. The van der Waals surface area contributed by atoms with Gasteiger partial charge in [0.25, 0.3) is 5.91 Å². The van der Waals surface area contributed by atoms with Crippen LogP contribution in [0.5, 0.6) is 5.75 Å². The number of halogens is 6. The van der Waals surface area contributed by atoms with Crippen molar-refractivity contribution in [2.24, 2.45) is 0 Å². The van der Waals surface area contributed by atoms with Gasteiger partial charge in [0.1, 0.15) is 28.8 Å². The molecule has 0 spiro atoms. The third kappa shape index (κ3) is 6.20. The summed E-state index contributed by atoms with van der Waals surface area (Å²) in [5.74, 6) is -3.38. The number of carboxylic acid groups (broad SMARTS) is 1. The van der Waals surface area contributed by atoms with E-state index < -0.39 is 96.8 Å². The molecule has 0 radical (unpaired) electrons. The van der Waals surface area contributed by atoms with Crippen molar-refractivity contribution in [1.29, 1.82) is 5.26 Å². The van der Waals surface area contributed by atoms with E-state index in [9.17, 15) is 46.3 Å². The maximum Gasteiger partial charge on any atom is 0.425 e. The SMILES string of the molecule is C[C@H](Oc1ccc(S(=O)(=O)[C@@H]2C[C@@H](C(=O)NC3(C#N)CC3)N(C(=O)C3(c4ncc(Br)cc4F)CCN3C(=O)O)C2)c(Cl)c1)C(F)(F)F. The Labute approximate surface area is 278 Å². The van der Waals surface area contributed by atoms with E-state index in [0.717, 1.165) is 42.3 Å². The topological polar surface area (TPSA) is 170 Å². The van der Waals surface area contributed by atoms with Gasteiger partial charge in [0.05, 0.1) is 21.2 Å². The summed E-state index contributed by atoms with van der Waals surface area (Å²) < 4.78 is 87.0. The van der Waals surface area contributed by atoms with E-state index in [1.165, 1.54) is 0 Å². The zero-order chi connectivity index (χ0) is 34.7. The first-order valence-electron chi connectivity index (χ1n) is 14.0. The van der Waals surface area contributed by atoms with E-state index >= 15 is 4.39 Å². The average molecular weight is 767 g/mol. The van der Waals surface area contributed by atoms with Gasteiger partial charge in [0.15, 0.2) is 21.5 Å². The van der Waals surface area contributed by atoms with Crippen molar-refractivity contribution >= 4 is 55.3 Å². The summed E-state index contributed by atoms with van der Waals surface area (Å²) in [6.45, 7) is -0.118. The average Bonchev–Trinajstić information content (AvgIpc) is 3.57. The van der Waals surface area contributed by atoms with Gasteiger partial charge in [-0.05, 0) is 60.3 Å². The van der Waals surface area contributed by atoms with Crippen molar-refractivity contribution in [3.05, 3.63) is 51.5 Å². The highest BCUT2D eigenvalue weighted by molar-refractivity contribution is 9.10. The van der Waals surface area contributed by atoms with E-state index in [2.05, 4.69) is 26.2 Å². The first kappa shape index (κ1) is 34.6. The number of carbonyl (C=O) groups excluding carboxylic acids is 2. The molecule has 4 atom stereocenters. The minimum atomic E-state index is -4.71. The monoisotopic (exact) mass is 765 g/mol. The minimum Gasteiger partial charge on any atom is -0.481 e. The Hall–Kier alpha value is -3.69. The van der Waals surface area contributed by atoms with Crippen molar-refractivity contribution in [1.82, 2.24) is 20.1 Å². The highest BCUT2D eigenvalue weighted by Gasteiger charge is 2.62. The Morgan fingerprint density at radius 1 is 1.26 bits per heavy atom. The van der Waals surface area contributed by atoms with Crippen molar-refractivity contribution in [2.75, 3.05) is 13.1 Å². The summed E-state index contributed by atoms with van der Waals surface area (Å²) in [6, 6.07) is 4.19. The van der Waals surface area contributed by atoms with Gasteiger partial charge in [0.2, 0.25) is 5.91 Å². The quantitative estimate of drug-likeness (QED) is 0.375. The molecule has 2 saturated heterocycles. The second-order valence-electron chi connectivity index (χ2n) is 11.5. The third-order valence-electron chi connectivity index (χ3n) is 8.52. The lowest BCUT2D eigenvalue weighted by Crippen LogP contribution is -2.68. The van der Waals surface area contributed by atoms with E-state index in [-0.39, 0.29) is 23.2 Å². The predicted molar refractivity (Wildman–Crippen MR) is 157 cm³/mol. The lowest BCUT2D eigenvalue weighted by molar-refractivity contribution is -0.189. The number of amides is 3.